The normalized spacial score (nSPS) is 26.4. The van der Waals surface area contributed by atoms with Gasteiger partial charge < -0.3 is 29.3 Å². The molecule has 3 amide bonds. The molecule has 3 aliphatic rings. The lowest BCUT2D eigenvalue weighted by atomic mass is 9.70. The summed E-state index contributed by atoms with van der Waals surface area (Å²) in [5.41, 5.74) is 1.80. The molecular weight excluding hydrogens is 726 g/mol. The molecule has 280 valence electrons. The minimum Gasteiger partial charge on any atom is -0.455 e. The number of alkyl halides is 1. The highest BCUT2D eigenvalue weighted by molar-refractivity contribution is 9.09. The first-order valence-electron chi connectivity index (χ1n) is 18.1. The molecule has 11 heteroatoms. The molecule has 3 saturated heterocycles. The van der Waals surface area contributed by atoms with Gasteiger partial charge in [-0.05, 0) is 56.2 Å². The van der Waals surface area contributed by atoms with E-state index < -0.39 is 59.6 Å². The lowest BCUT2D eigenvalue weighted by molar-refractivity contribution is -0.165. The number of benzene rings is 2. The Bertz CT molecular complexity index is 1660. The van der Waals surface area contributed by atoms with E-state index in [4.69, 9.17) is 9.47 Å². The zero-order chi connectivity index (χ0) is 38.1. The molecule has 1 spiro atoms. The van der Waals surface area contributed by atoms with Crippen LogP contribution < -0.4 is 4.90 Å². The van der Waals surface area contributed by atoms with E-state index in [1.165, 1.54) is 4.90 Å². The number of aliphatic hydroxyl groups is 1. The largest absolute Gasteiger partial charge is 0.455 e. The Kier molecular flexibility index (Phi) is 12.2. The van der Waals surface area contributed by atoms with Crippen LogP contribution in [-0.4, -0.2) is 93.5 Å². The number of hydrogen-bond acceptors (Lipinski definition) is 7. The van der Waals surface area contributed by atoms with Crippen molar-refractivity contribution < 1.29 is 33.8 Å². The Labute approximate surface area is 315 Å². The SMILES string of the molecule is C=CCCC(=O)N(C)[C@H](C)[C@H](OC(=O)[C@@H]1[C@H]2O[C@@]3(CC2Br)[C@H](C(=O)N(CC=C)c2c(C)cccc2C)N([C@@H](CO)C(C)C)C(=O)[C@@H]13)c1ccccc1. The van der Waals surface area contributed by atoms with Crippen LogP contribution in [0.5, 0.6) is 0 Å². The molecule has 0 saturated carbocycles. The van der Waals surface area contributed by atoms with Crippen molar-refractivity contribution in [1.82, 2.24) is 9.80 Å². The fourth-order valence-electron chi connectivity index (χ4n) is 8.52. The molecule has 0 aliphatic carbocycles. The first-order valence-corrected chi connectivity index (χ1v) is 19.0. The molecule has 3 heterocycles. The number of aliphatic hydroxyl groups excluding tert-OH is 1. The van der Waals surface area contributed by atoms with Crippen LogP contribution in [0.3, 0.4) is 0 Å². The highest BCUT2D eigenvalue weighted by atomic mass is 79.9. The first kappa shape index (κ1) is 39.4. The van der Waals surface area contributed by atoms with Crippen LogP contribution in [0.2, 0.25) is 0 Å². The van der Waals surface area contributed by atoms with Gasteiger partial charge in [-0.15, -0.1) is 13.2 Å². The number of carbonyl (C=O) groups excluding carboxylic acids is 4. The number of rotatable bonds is 15. The van der Waals surface area contributed by atoms with E-state index in [2.05, 4.69) is 29.1 Å². The molecule has 1 N–H and O–H groups in total. The number of amides is 3. The summed E-state index contributed by atoms with van der Waals surface area (Å²) < 4.78 is 13.2. The summed E-state index contributed by atoms with van der Waals surface area (Å²) in [7, 11) is 1.69. The number of carbonyl (C=O) groups is 4. The van der Waals surface area contributed by atoms with Crippen molar-refractivity contribution in [1.29, 1.82) is 0 Å². The van der Waals surface area contributed by atoms with Gasteiger partial charge in [0.1, 0.15) is 17.7 Å². The molecule has 52 heavy (non-hydrogen) atoms. The molecule has 2 aromatic rings. The standard InChI is InChI=1S/C41H52BrN3O7/c1-9-11-20-31(47)43(8)27(7)35(28-18-13-12-14-19-28)51-40(50)32-33-38(48)45(30(23-46)24(3)4)37(41(33)22-29(42)36(32)52-41)39(49)44(21-10-2)34-25(5)16-15-17-26(34)6/h9-10,12-19,24,27,29-30,32-33,35-37,46H,1-2,11,20-23H2,3-8H3/t27-,29?,30+,32+,33-,35+,36+,37+,41-/m1/s1. The minimum atomic E-state index is -1.37. The van der Waals surface area contributed by atoms with Crippen LogP contribution in [0, 0.1) is 31.6 Å². The van der Waals surface area contributed by atoms with Crippen LogP contribution in [0.25, 0.3) is 0 Å². The molecule has 3 aliphatic heterocycles. The lowest BCUT2D eigenvalue weighted by Gasteiger charge is -2.41. The Morgan fingerprint density at radius 2 is 1.73 bits per heavy atom. The second kappa shape index (κ2) is 16.1. The molecule has 9 atom stereocenters. The lowest BCUT2D eigenvalue weighted by Crippen LogP contribution is -2.60. The number of likely N-dealkylation sites (tertiary alicyclic amines) is 1. The van der Waals surface area contributed by atoms with Crippen LogP contribution in [-0.2, 0) is 28.7 Å². The predicted octanol–water partition coefficient (Wildman–Crippen LogP) is 5.68. The second-order valence-electron chi connectivity index (χ2n) is 14.7. The van der Waals surface area contributed by atoms with E-state index in [1.807, 2.05) is 83.1 Å². The summed E-state index contributed by atoms with van der Waals surface area (Å²) in [4.78, 5) is 62.2. The smallest absolute Gasteiger partial charge is 0.313 e. The maximum absolute atomic E-state index is 15.2. The number of esters is 1. The number of fused-ring (bicyclic) bond motifs is 1. The third-order valence-corrected chi connectivity index (χ3v) is 12.1. The van der Waals surface area contributed by atoms with Crippen LogP contribution >= 0.6 is 15.9 Å². The van der Waals surface area contributed by atoms with Crippen molar-refractivity contribution in [3.8, 4) is 0 Å². The molecule has 3 fully saturated rings. The summed E-state index contributed by atoms with van der Waals surface area (Å²) in [6.45, 7) is 16.9. The van der Waals surface area contributed by atoms with Gasteiger partial charge in [0.15, 0.2) is 0 Å². The third-order valence-electron chi connectivity index (χ3n) is 11.2. The number of allylic oxidation sites excluding steroid dienone is 1. The summed E-state index contributed by atoms with van der Waals surface area (Å²) in [6, 6.07) is 12.6. The van der Waals surface area contributed by atoms with E-state index in [0.717, 1.165) is 16.8 Å². The van der Waals surface area contributed by atoms with Gasteiger partial charge in [-0.3, -0.25) is 19.2 Å². The van der Waals surface area contributed by atoms with E-state index in [0.29, 0.717) is 18.4 Å². The summed E-state index contributed by atoms with van der Waals surface area (Å²) in [5.74, 6) is -3.85. The number of hydrogen-bond donors (Lipinski definition) is 1. The van der Waals surface area contributed by atoms with Crippen molar-refractivity contribution in [3.63, 3.8) is 0 Å². The second-order valence-corrected chi connectivity index (χ2v) is 15.9. The van der Waals surface area contributed by atoms with Gasteiger partial charge in [0.05, 0.1) is 36.6 Å². The van der Waals surface area contributed by atoms with Crippen molar-refractivity contribution in [2.45, 2.75) is 94.6 Å². The van der Waals surface area contributed by atoms with Crippen molar-refractivity contribution in [2.75, 3.05) is 25.1 Å². The molecule has 5 rings (SSSR count). The Morgan fingerprint density at radius 3 is 2.31 bits per heavy atom. The van der Waals surface area contributed by atoms with Gasteiger partial charge in [0.25, 0.3) is 5.91 Å². The zero-order valence-corrected chi connectivity index (χ0v) is 32.6. The molecule has 0 aromatic heterocycles. The maximum atomic E-state index is 15.2. The Morgan fingerprint density at radius 1 is 1.08 bits per heavy atom. The number of ether oxygens (including phenoxy) is 2. The number of para-hydroxylation sites is 1. The van der Waals surface area contributed by atoms with Crippen molar-refractivity contribution in [2.24, 2.45) is 17.8 Å². The Hall–Kier alpha value is -3.80. The van der Waals surface area contributed by atoms with Gasteiger partial charge >= 0.3 is 5.97 Å². The van der Waals surface area contributed by atoms with E-state index in [1.54, 1.807) is 29.0 Å². The predicted molar refractivity (Wildman–Crippen MR) is 204 cm³/mol. The van der Waals surface area contributed by atoms with E-state index in [-0.39, 0.29) is 42.1 Å². The minimum absolute atomic E-state index is 0.119. The maximum Gasteiger partial charge on any atom is 0.313 e. The van der Waals surface area contributed by atoms with Gasteiger partial charge in [0, 0.05) is 30.5 Å². The average Bonchev–Trinajstić information content (AvgIpc) is 3.71. The van der Waals surface area contributed by atoms with Gasteiger partial charge in [-0.25, -0.2) is 0 Å². The quantitative estimate of drug-likeness (QED) is 0.141. The van der Waals surface area contributed by atoms with Crippen molar-refractivity contribution in [3.05, 3.63) is 90.5 Å². The average molecular weight is 779 g/mol. The monoisotopic (exact) mass is 777 g/mol. The van der Waals surface area contributed by atoms with Crippen LogP contribution in [0.15, 0.2) is 73.8 Å². The number of nitrogens with zero attached hydrogens (tertiary/aromatic N) is 3. The van der Waals surface area contributed by atoms with Crippen LogP contribution in [0.4, 0.5) is 5.69 Å². The van der Waals surface area contributed by atoms with Gasteiger partial charge in [-0.2, -0.15) is 0 Å². The fourth-order valence-corrected chi connectivity index (χ4v) is 9.46. The molecule has 10 nitrogen and oxygen atoms in total. The molecular formula is C41H52BrN3O7. The summed E-state index contributed by atoms with van der Waals surface area (Å²) >= 11 is 3.76. The topological polar surface area (TPSA) is 117 Å². The Balaban J connectivity index is 1.58. The van der Waals surface area contributed by atoms with Crippen molar-refractivity contribution >= 4 is 45.3 Å². The first-order chi connectivity index (χ1) is 24.7. The highest BCUT2D eigenvalue weighted by Gasteiger charge is 2.78. The highest BCUT2D eigenvalue weighted by Crippen LogP contribution is 2.61. The van der Waals surface area contributed by atoms with E-state index >= 15 is 4.79 Å². The fraction of sp³-hybridized carbons (Fsp3) is 0.512. The third kappa shape index (κ3) is 6.87. The molecule has 2 aromatic carbocycles. The zero-order valence-electron chi connectivity index (χ0n) is 31.0. The number of halogens is 1. The summed E-state index contributed by atoms with van der Waals surface area (Å²) in [6.07, 6.45) is 2.81. The summed E-state index contributed by atoms with van der Waals surface area (Å²) in [5, 5.41) is 10.7. The molecule has 0 radical (unpaired) electrons. The molecule has 2 bridgehead atoms. The number of aryl methyl sites for hydroxylation is 2. The molecule has 1 unspecified atom stereocenters. The van der Waals surface area contributed by atoms with E-state index in [9.17, 15) is 19.5 Å². The van der Waals surface area contributed by atoms with Gasteiger partial charge in [-0.1, -0.05) is 90.5 Å². The number of likely N-dealkylation sites (N-methyl/N-ethyl adjacent to an activating group) is 1. The number of anilines is 1. The van der Waals surface area contributed by atoms with Gasteiger partial charge in [0.2, 0.25) is 11.8 Å². The van der Waals surface area contributed by atoms with Crippen LogP contribution in [0.1, 0.15) is 62.8 Å².